The van der Waals surface area contributed by atoms with Crippen LogP contribution in [0.2, 0.25) is 0 Å². The van der Waals surface area contributed by atoms with Crippen LogP contribution >= 0.6 is 0 Å². The van der Waals surface area contributed by atoms with Crippen molar-refractivity contribution < 1.29 is 23.8 Å². The lowest BCUT2D eigenvalue weighted by Crippen LogP contribution is -2.34. The molecular formula is C20H23FN2O4. The maximum atomic E-state index is 12.9. The highest BCUT2D eigenvalue weighted by Gasteiger charge is 2.18. The van der Waals surface area contributed by atoms with E-state index in [0.717, 1.165) is 5.56 Å². The van der Waals surface area contributed by atoms with Gasteiger partial charge in [0, 0.05) is 13.5 Å². The highest BCUT2D eigenvalue weighted by Crippen LogP contribution is 2.20. The Labute approximate surface area is 157 Å². The Morgan fingerprint density at radius 1 is 1.07 bits per heavy atom. The van der Waals surface area contributed by atoms with Crippen molar-refractivity contribution in [3.05, 3.63) is 65.5 Å². The molecular weight excluding hydrogens is 351 g/mol. The first kappa shape index (κ1) is 20.4. The first-order valence-electron chi connectivity index (χ1n) is 8.50. The zero-order valence-electron chi connectivity index (χ0n) is 15.2. The topological polar surface area (TPSA) is 87.7 Å². The number of halogens is 1. The van der Waals surface area contributed by atoms with Gasteiger partial charge in [-0.3, -0.25) is 9.59 Å². The summed E-state index contributed by atoms with van der Waals surface area (Å²) in [6, 6.07) is 12.0. The molecule has 27 heavy (non-hydrogen) atoms. The zero-order valence-corrected chi connectivity index (χ0v) is 15.2. The Hall–Kier alpha value is -2.93. The summed E-state index contributed by atoms with van der Waals surface area (Å²) < 4.78 is 18.0. The number of aliphatic hydroxyl groups is 1. The molecule has 2 amide bonds. The van der Waals surface area contributed by atoms with Gasteiger partial charge in [-0.2, -0.15) is 0 Å². The van der Waals surface area contributed by atoms with Gasteiger partial charge in [0.05, 0.1) is 25.7 Å². The number of hydrogen-bond acceptors (Lipinski definition) is 4. The normalized spacial score (nSPS) is 12.7. The molecule has 0 fully saturated rings. The molecule has 2 atom stereocenters. The SMILES string of the molecule is COc1ccc(C(CC(=O)NCC(O)c2ccc(F)cc2)NC(C)=O)cc1. The number of nitrogens with one attached hydrogen (secondary N) is 2. The third kappa shape index (κ3) is 6.38. The number of methoxy groups -OCH3 is 1. The van der Waals surface area contributed by atoms with Gasteiger partial charge in [0.25, 0.3) is 0 Å². The summed E-state index contributed by atoms with van der Waals surface area (Å²) in [7, 11) is 1.56. The third-order valence-electron chi connectivity index (χ3n) is 4.03. The van der Waals surface area contributed by atoms with E-state index >= 15 is 0 Å². The zero-order chi connectivity index (χ0) is 19.8. The predicted octanol–water partition coefficient (Wildman–Crippen LogP) is 2.25. The Morgan fingerprint density at radius 3 is 2.22 bits per heavy atom. The second-order valence-corrected chi connectivity index (χ2v) is 6.10. The fraction of sp³-hybridized carbons (Fsp3) is 0.300. The van der Waals surface area contributed by atoms with Crippen LogP contribution in [0.5, 0.6) is 5.75 Å². The van der Waals surface area contributed by atoms with Gasteiger partial charge in [-0.05, 0) is 35.4 Å². The van der Waals surface area contributed by atoms with Crippen molar-refractivity contribution in [2.24, 2.45) is 0 Å². The van der Waals surface area contributed by atoms with Crippen LogP contribution in [-0.4, -0.2) is 30.6 Å². The Morgan fingerprint density at radius 2 is 1.67 bits per heavy atom. The van der Waals surface area contributed by atoms with Gasteiger partial charge >= 0.3 is 0 Å². The van der Waals surface area contributed by atoms with E-state index in [1.165, 1.54) is 31.2 Å². The highest BCUT2D eigenvalue weighted by molar-refractivity contribution is 5.79. The molecule has 0 saturated heterocycles. The summed E-state index contributed by atoms with van der Waals surface area (Å²) in [5.74, 6) is -0.305. The molecule has 0 spiro atoms. The lowest BCUT2D eigenvalue weighted by Gasteiger charge is -2.19. The van der Waals surface area contributed by atoms with Gasteiger partial charge in [0.1, 0.15) is 11.6 Å². The monoisotopic (exact) mass is 374 g/mol. The second kappa shape index (κ2) is 9.68. The fourth-order valence-corrected chi connectivity index (χ4v) is 2.60. The van der Waals surface area contributed by atoms with Crippen molar-refractivity contribution in [1.82, 2.24) is 10.6 Å². The minimum atomic E-state index is -0.949. The van der Waals surface area contributed by atoms with Crippen LogP contribution in [0.3, 0.4) is 0 Å². The summed E-state index contributed by atoms with van der Waals surface area (Å²) in [5.41, 5.74) is 1.27. The van der Waals surface area contributed by atoms with Gasteiger partial charge in [-0.1, -0.05) is 24.3 Å². The van der Waals surface area contributed by atoms with Crippen LogP contribution in [0.25, 0.3) is 0 Å². The first-order chi connectivity index (χ1) is 12.9. The molecule has 0 aliphatic rings. The van der Waals surface area contributed by atoms with E-state index in [1.54, 1.807) is 31.4 Å². The summed E-state index contributed by atoms with van der Waals surface area (Å²) in [4.78, 5) is 23.7. The van der Waals surface area contributed by atoms with Crippen molar-refractivity contribution in [3.63, 3.8) is 0 Å². The molecule has 0 aliphatic carbocycles. The minimum absolute atomic E-state index is 0.0140. The molecule has 2 rings (SSSR count). The lowest BCUT2D eigenvalue weighted by atomic mass is 10.0. The van der Waals surface area contributed by atoms with Crippen molar-refractivity contribution >= 4 is 11.8 Å². The summed E-state index contributed by atoms with van der Waals surface area (Å²) in [6.07, 6.45) is -0.933. The van der Waals surface area contributed by atoms with Crippen LogP contribution < -0.4 is 15.4 Å². The smallest absolute Gasteiger partial charge is 0.222 e. The molecule has 2 aromatic carbocycles. The van der Waals surface area contributed by atoms with Crippen molar-refractivity contribution in [2.45, 2.75) is 25.5 Å². The average molecular weight is 374 g/mol. The van der Waals surface area contributed by atoms with Gasteiger partial charge in [0.15, 0.2) is 0 Å². The van der Waals surface area contributed by atoms with Gasteiger partial charge in [-0.15, -0.1) is 0 Å². The van der Waals surface area contributed by atoms with E-state index in [9.17, 15) is 19.1 Å². The molecule has 0 aromatic heterocycles. The minimum Gasteiger partial charge on any atom is -0.497 e. The number of carbonyl (C=O) groups excluding carboxylic acids is 2. The molecule has 3 N–H and O–H groups in total. The van der Waals surface area contributed by atoms with Crippen LogP contribution in [-0.2, 0) is 9.59 Å². The first-order valence-corrected chi connectivity index (χ1v) is 8.50. The molecule has 0 heterocycles. The standard InChI is InChI=1S/C20H23FN2O4/c1-13(24)23-18(14-5-9-17(27-2)10-6-14)11-20(26)22-12-19(25)15-3-7-16(21)8-4-15/h3-10,18-19,25H,11-12H2,1-2H3,(H,22,26)(H,23,24). The third-order valence-corrected chi connectivity index (χ3v) is 4.03. The van der Waals surface area contributed by atoms with Gasteiger partial charge in [0.2, 0.25) is 11.8 Å². The molecule has 144 valence electrons. The Balaban J connectivity index is 1.96. The quantitative estimate of drug-likeness (QED) is 0.661. The van der Waals surface area contributed by atoms with E-state index in [4.69, 9.17) is 4.74 Å². The number of rotatable bonds is 8. The molecule has 0 bridgehead atoms. The fourth-order valence-electron chi connectivity index (χ4n) is 2.60. The average Bonchev–Trinajstić information content (AvgIpc) is 2.66. The highest BCUT2D eigenvalue weighted by atomic mass is 19.1. The predicted molar refractivity (Wildman–Crippen MR) is 98.5 cm³/mol. The Kier molecular flexibility index (Phi) is 7.31. The number of aliphatic hydroxyl groups excluding tert-OH is 1. The molecule has 0 aliphatic heterocycles. The number of hydrogen-bond donors (Lipinski definition) is 3. The number of benzene rings is 2. The van der Waals surface area contributed by atoms with E-state index in [-0.39, 0.29) is 24.8 Å². The molecule has 6 nitrogen and oxygen atoms in total. The number of amides is 2. The molecule has 0 radical (unpaired) electrons. The Bertz CT molecular complexity index is 763. The maximum Gasteiger partial charge on any atom is 0.222 e. The summed E-state index contributed by atoms with van der Waals surface area (Å²) in [5, 5.41) is 15.5. The molecule has 7 heteroatoms. The van der Waals surface area contributed by atoms with Crippen LogP contribution in [0.4, 0.5) is 4.39 Å². The maximum absolute atomic E-state index is 12.9. The van der Waals surface area contributed by atoms with E-state index in [1.807, 2.05) is 0 Å². The number of carbonyl (C=O) groups is 2. The van der Waals surface area contributed by atoms with Gasteiger partial charge in [-0.25, -0.2) is 4.39 Å². The van der Waals surface area contributed by atoms with Crippen LogP contribution in [0.1, 0.15) is 36.6 Å². The van der Waals surface area contributed by atoms with E-state index in [0.29, 0.717) is 11.3 Å². The summed E-state index contributed by atoms with van der Waals surface area (Å²) >= 11 is 0. The van der Waals surface area contributed by atoms with Crippen LogP contribution in [0, 0.1) is 5.82 Å². The van der Waals surface area contributed by atoms with Gasteiger partial charge < -0.3 is 20.5 Å². The van der Waals surface area contributed by atoms with E-state index in [2.05, 4.69) is 10.6 Å². The molecule has 0 saturated carbocycles. The summed E-state index contributed by atoms with van der Waals surface area (Å²) in [6.45, 7) is 1.37. The van der Waals surface area contributed by atoms with E-state index < -0.39 is 18.0 Å². The van der Waals surface area contributed by atoms with Crippen LogP contribution in [0.15, 0.2) is 48.5 Å². The van der Waals surface area contributed by atoms with Crippen molar-refractivity contribution in [1.29, 1.82) is 0 Å². The molecule has 2 unspecified atom stereocenters. The van der Waals surface area contributed by atoms with Crippen molar-refractivity contribution in [2.75, 3.05) is 13.7 Å². The number of ether oxygens (including phenoxy) is 1. The largest absolute Gasteiger partial charge is 0.497 e. The van der Waals surface area contributed by atoms with Crippen molar-refractivity contribution in [3.8, 4) is 5.75 Å². The lowest BCUT2D eigenvalue weighted by molar-refractivity contribution is -0.123. The molecule has 2 aromatic rings. The second-order valence-electron chi connectivity index (χ2n) is 6.10.